The van der Waals surface area contributed by atoms with Crippen LogP contribution in [0.3, 0.4) is 0 Å². The van der Waals surface area contributed by atoms with E-state index in [1.807, 2.05) is 5.70 Å². The molecular formula is C8H18O2Si. The van der Waals surface area contributed by atoms with Crippen LogP contribution in [0, 0.1) is 5.92 Å². The third-order valence-electron chi connectivity index (χ3n) is 1.69. The largest absolute Gasteiger partial charge is 0.395 e. The summed E-state index contributed by atoms with van der Waals surface area (Å²) in [6, 6.07) is 0.976. The molecule has 0 aromatic rings. The SMILES string of the molecule is C=C[Si](CC(C)C)(OC)OC. The zero-order chi connectivity index (χ0) is 8.91. The van der Waals surface area contributed by atoms with Crippen LogP contribution in [0.5, 0.6) is 0 Å². The van der Waals surface area contributed by atoms with Crippen LogP contribution in [-0.4, -0.2) is 22.8 Å². The average Bonchev–Trinajstić information content (AvgIpc) is 2.00. The molecule has 0 heterocycles. The molecule has 0 aliphatic rings. The van der Waals surface area contributed by atoms with Gasteiger partial charge in [-0.05, 0) is 17.7 Å². The van der Waals surface area contributed by atoms with E-state index in [2.05, 4.69) is 20.4 Å². The molecule has 0 atom stereocenters. The summed E-state index contributed by atoms with van der Waals surface area (Å²) in [6.07, 6.45) is 0. The first-order valence-electron chi connectivity index (χ1n) is 3.84. The molecule has 0 fully saturated rings. The van der Waals surface area contributed by atoms with Crippen molar-refractivity contribution in [3.8, 4) is 0 Å². The Kier molecular flexibility index (Phi) is 4.64. The monoisotopic (exact) mass is 174 g/mol. The maximum absolute atomic E-state index is 5.35. The van der Waals surface area contributed by atoms with Crippen molar-refractivity contribution >= 4 is 8.56 Å². The minimum absolute atomic E-state index is 0.597. The van der Waals surface area contributed by atoms with Crippen molar-refractivity contribution in [3.05, 3.63) is 12.3 Å². The molecule has 66 valence electrons. The highest BCUT2D eigenvalue weighted by atomic mass is 28.4. The Bertz CT molecular complexity index is 119. The van der Waals surface area contributed by atoms with Crippen molar-refractivity contribution in [2.75, 3.05) is 14.2 Å². The van der Waals surface area contributed by atoms with Crippen LogP contribution >= 0.6 is 0 Å². The third-order valence-corrected chi connectivity index (χ3v) is 5.08. The summed E-state index contributed by atoms with van der Waals surface area (Å²) >= 11 is 0. The van der Waals surface area contributed by atoms with Gasteiger partial charge in [0.1, 0.15) is 0 Å². The highest BCUT2D eigenvalue weighted by Crippen LogP contribution is 2.18. The second kappa shape index (κ2) is 4.69. The number of hydrogen-bond donors (Lipinski definition) is 0. The molecule has 11 heavy (non-hydrogen) atoms. The van der Waals surface area contributed by atoms with Gasteiger partial charge < -0.3 is 8.85 Å². The molecule has 0 aromatic heterocycles. The van der Waals surface area contributed by atoms with Crippen molar-refractivity contribution in [3.63, 3.8) is 0 Å². The number of hydrogen-bond acceptors (Lipinski definition) is 2. The van der Waals surface area contributed by atoms with Gasteiger partial charge in [-0.25, -0.2) is 0 Å². The summed E-state index contributed by atoms with van der Waals surface area (Å²) in [4.78, 5) is 0. The maximum atomic E-state index is 5.35. The predicted molar refractivity (Wildman–Crippen MR) is 49.6 cm³/mol. The smallest absolute Gasteiger partial charge is 0.364 e. The van der Waals surface area contributed by atoms with Crippen molar-refractivity contribution in [2.24, 2.45) is 5.92 Å². The zero-order valence-electron chi connectivity index (χ0n) is 7.89. The van der Waals surface area contributed by atoms with E-state index in [1.165, 1.54) is 0 Å². The second-order valence-corrected chi connectivity index (χ2v) is 6.28. The molecule has 0 aromatic carbocycles. The molecule has 0 aliphatic carbocycles. The first-order valence-corrected chi connectivity index (χ1v) is 5.94. The van der Waals surface area contributed by atoms with Crippen LogP contribution < -0.4 is 0 Å². The molecule has 2 nitrogen and oxygen atoms in total. The molecule has 0 amide bonds. The third kappa shape index (κ3) is 3.18. The van der Waals surface area contributed by atoms with Gasteiger partial charge in [-0.1, -0.05) is 13.8 Å². The molecule has 0 bridgehead atoms. The standard InChI is InChI=1S/C8H18O2Si/c1-6-11(9-4,10-5)7-8(2)3/h6,8H,1,7H2,2-5H3. The molecule has 3 heteroatoms. The fraction of sp³-hybridized carbons (Fsp3) is 0.750. The normalized spacial score (nSPS) is 12.1. The lowest BCUT2D eigenvalue weighted by molar-refractivity contribution is 0.250. The summed E-state index contributed by atoms with van der Waals surface area (Å²) in [5.41, 5.74) is 1.84. The Hall–Kier alpha value is -0.123. The Morgan fingerprint density at radius 3 is 1.91 bits per heavy atom. The fourth-order valence-corrected chi connectivity index (χ4v) is 3.21. The summed E-state index contributed by atoms with van der Waals surface area (Å²) in [7, 11) is 1.37. The van der Waals surface area contributed by atoms with E-state index in [0.717, 1.165) is 6.04 Å². The van der Waals surface area contributed by atoms with E-state index in [1.54, 1.807) is 14.2 Å². The maximum Gasteiger partial charge on any atom is 0.364 e. The van der Waals surface area contributed by atoms with Gasteiger partial charge >= 0.3 is 8.56 Å². The van der Waals surface area contributed by atoms with Crippen LogP contribution in [-0.2, 0) is 8.85 Å². The lowest BCUT2D eigenvalue weighted by atomic mass is 10.3. The highest BCUT2D eigenvalue weighted by Gasteiger charge is 2.32. The van der Waals surface area contributed by atoms with Crippen LogP contribution in [0.4, 0.5) is 0 Å². The Labute approximate surface area is 70.5 Å². The minimum Gasteiger partial charge on any atom is -0.395 e. The van der Waals surface area contributed by atoms with Crippen LogP contribution in [0.25, 0.3) is 0 Å². The summed E-state index contributed by atoms with van der Waals surface area (Å²) in [6.45, 7) is 8.05. The first kappa shape index (κ1) is 10.9. The predicted octanol–water partition coefficient (Wildman–Crippen LogP) is 2.10. The Morgan fingerprint density at radius 2 is 1.82 bits per heavy atom. The minimum atomic E-state index is -2.02. The van der Waals surface area contributed by atoms with Gasteiger partial charge in [0, 0.05) is 14.2 Å². The number of rotatable bonds is 5. The summed E-state index contributed by atoms with van der Waals surface area (Å²) < 4.78 is 10.7. The van der Waals surface area contributed by atoms with E-state index < -0.39 is 8.56 Å². The van der Waals surface area contributed by atoms with E-state index in [0.29, 0.717) is 5.92 Å². The molecular weight excluding hydrogens is 156 g/mol. The molecule has 0 unspecified atom stereocenters. The van der Waals surface area contributed by atoms with Crippen molar-refractivity contribution in [2.45, 2.75) is 19.9 Å². The molecule has 0 aliphatic heterocycles. The van der Waals surface area contributed by atoms with Gasteiger partial charge in [0.25, 0.3) is 0 Å². The lowest BCUT2D eigenvalue weighted by Gasteiger charge is -2.24. The molecule has 0 rings (SSSR count). The van der Waals surface area contributed by atoms with Gasteiger partial charge in [-0.2, -0.15) is 0 Å². The molecule has 0 radical (unpaired) electrons. The van der Waals surface area contributed by atoms with Gasteiger partial charge in [0.05, 0.1) is 0 Å². The fourth-order valence-electron chi connectivity index (χ4n) is 1.07. The van der Waals surface area contributed by atoms with Gasteiger partial charge in [0.2, 0.25) is 0 Å². The lowest BCUT2D eigenvalue weighted by Crippen LogP contribution is -2.39. The molecule has 0 saturated carbocycles. The van der Waals surface area contributed by atoms with Gasteiger partial charge in [-0.15, -0.1) is 6.58 Å². The van der Waals surface area contributed by atoms with E-state index in [4.69, 9.17) is 8.85 Å². The van der Waals surface area contributed by atoms with Crippen molar-refractivity contribution < 1.29 is 8.85 Å². The summed E-state index contributed by atoms with van der Waals surface area (Å²) in [5, 5.41) is 0. The zero-order valence-corrected chi connectivity index (χ0v) is 8.89. The molecule has 0 spiro atoms. The van der Waals surface area contributed by atoms with Crippen LogP contribution in [0.2, 0.25) is 6.04 Å². The van der Waals surface area contributed by atoms with Crippen molar-refractivity contribution in [1.82, 2.24) is 0 Å². The van der Waals surface area contributed by atoms with Gasteiger partial charge in [0.15, 0.2) is 0 Å². The van der Waals surface area contributed by atoms with Gasteiger partial charge in [-0.3, -0.25) is 0 Å². The Morgan fingerprint density at radius 1 is 1.36 bits per heavy atom. The van der Waals surface area contributed by atoms with E-state index in [9.17, 15) is 0 Å². The summed E-state index contributed by atoms with van der Waals surface area (Å²) in [5.74, 6) is 0.597. The van der Waals surface area contributed by atoms with Crippen LogP contribution in [0.1, 0.15) is 13.8 Å². The van der Waals surface area contributed by atoms with Crippen LogP contribution in [0.15, 0.2) is 12.3 Å². The quantitative estimate of drug-likeness (QED) is 0.594. The second-order valence-electron chi connectivity index (χ2n) is 3.02. The van der Waals surface area contributed by atoms with E-state index >= 15 is 0 Å². The first-order chi connectivity index (χ1) is 5.10. The molecule has 0 N–H and O–H groups in total. The van der Waals surface area contributed by atoms with E-state index in [-0.39, 0.29) is 0 Å². The topological polar surface area (TPSA) is 18.5 Å². The highest BCUT2D eigenvalue weighted by molar-refractivity contribution is 6.72. The average molecular weight is 174 g/mol. The van der Waals surface area contributed by atoms with Crippen molar-refractivity contribution in [1.29, 1.82) is 0 Å². The molecule has 0 saturated heterocycles. The Balaban J connectivity index is 4.16.